The van der Waals surface area contributed by atoms with Crippen LogP contribution in [0.1, 0.15) is 83.3 Å². The average molecular weight is 367 g/mol. The van der Waals surface area contributed by atoms with Gasteiger partial charge in [-0.1, -0.05) is 120 Å². The molecule has 2 aromatic carbocycles. The van der Waals surface area contributed by atoms with Gasteiger partial charge in [0.2, 0.25) is 0 Å². The summed E-state index contributed by atoms with van der Waals surface area (Å²) in [6, 6.07) is 21.6. The van der Waals surface area contributed by atoms with Crippen LogP contribution in [0.25, 0.3) is 0 Å². The number of hydrogen-bond acceptors (Lipinski definition) is 1. The number of unbranched alkanes of at least 4 members (excludes halogenated alkanes) is 6. The molecule has 0 bridgehead atoms. The molecule has 0 N–H and O–H groups in total. The number of rotatable bonds is 13. The van der Waals surface area contributed by atoms with Crippen molar-refractivity contribution in [2.45, 2.75) is 77.7 Å². The Morgan fingerprint density at radius 1 is 0.704 bits per heavy atom. The molecular formula is C26H38O. The molecule has 0 saturated carbocycles. The Bertz CT molecular complexity index is 563. The molecule has 0 aliphatic carbocycles. The SMILES string of the molecule is CCCCCCCCCC(OCC(C)C)(c1ccccc1)c1ccccc1. The van der Waals surface area contributed by atoms with Gasteiger partial charge in [-0.3, -0.25) is 0 Å². The quantitative estimate of drug-likeness (QED) is 0.329. The fourth-order valence-electron chi connectivity index (χ4n) is 3.75. The summed E-state index contributed by atoms with van der Waals surface area (Å²) in [5, 5.41) is 0. The molecule has 0 aromatic heterocycles. The largest absolute Gasteiger partial charge is 0.365 e. The first-order valence-electron chi connectivity index (χ1n) is 10.9. The summed E-state index contributed by atoms with van der Waals surface area (Å²) in [5.74, 6) is 0.519. The molecule has 0 fully saturated rings. The van der Waals surface area contributed by atoms with E-state index in [1.807, 2.05) is 0 Å². The average Bonchev–Trinajstić information content (AvgIpc) is 2.71. The summed E-state index contributed by atoms with van der Waals surface area (Å²) < 4.78 is 6.71. The molecule has 0 unspecified atom stereocenters. The van der Waals surface area contributed by atoms with E-state index in [-0.39, 0.29) is 5.60 Å². The minimum absolute atomic E-state index is 0.337. The third-order valence-corrected chi connectivity index (χ3v) is 5.28. The third-order valence-electron chi connectivity index (χ3n) is 5.28. The maximum Gasteiger partial charge on any atom is 0.118 e. The van der Waals surface area contributed by atoms with Crippen LogP contribution in [0.4, 0.5) is 0 Å². The smallest absolute Gasteiger partial charge is 0.118 e. The van der Waals surface area contributed by atoms with Crippen LogP contribution in [0.2, 0.25) is 0 Å². The molecule has 0 saturated heterocycles. The molecule has 27 heavy (non-hydrogen) atoms. The number of benzene rings is 2. The van der Waals surface area contributed by atoms with Gasteiger partial charge in [0.25, 0.3) is 0 Å². The topological polar surface area (TPSA) is 9.23 Å². The third kappa shape index (κ3) is 6.81. The van der Waals surface area contributed by atoms with Crippen molar-refractivity contribution in [3.05, 3.63) is 71.8 Å². The number of ether oxygens (including phenoxy) is 1. The van der Waals surface area contributed by atoms with E-state index in [4.69, 9.17) is 4.74 Å². The molecule has 1 nitrogen and oxygen atoms in total. The van der Waals surface area contributed by atoms with E-state index in [2.05, 4.69) is 81.4 Å². The van der Waals surface area contributed by atoms with Gasteiger partial charge in [-0.25, -0.2) is 0 Å². The van der Waals surface area contributed by atoms with Crippen LogP contribution in [0.3, 0.4) is 0 Å². The molecule has 0 radical (unpaired) electrons. The van der Waals surface area contributed by atoms with Crippen molar-refractivity contribution in [1.82, 2.24) is 0 Å². The highest BCUT2D eigenvalue weighted by atomic mass is 16.5. The first-order valence-corrected chi connectivity index (χ1v) is 10.9. The lowest BCUT2D eigenvalue weighted by atomic mass is 9.81. The van der Waals surface area contributed by atoms with Gasteiger partial charge in [0.15, 0.2) is 0 Å². The molecule has 2 aromatic rings. The Hall–Kier alpha value is -1.60. The van der Waals surface area contributed by atoms with Crippen molar-refractivity contribution in [2.75, 3.05) is 6.61 Å². The van der Waals surface area contributed by atoms with Gasteiger partial charge in [-0.2, -0.15) is 0 Å². The molecule has 148 valence electrons. The second kappa shape index (κ2) is 12.0. The molecule has 2 rings (SSSR count). The zero-order chi connectivity index (χ0) is 19.4. The predicted molar refractivity (Wildman–Crippen MR) is 117 cm³/mol. The van der Waals surface area contributed by atoms with E-state index in [1.54, 1.807) is 0 Å². The normalized spacial score (nSPS) is 11.9. The maximum absolute atomic E-state index is 6.71. The van der Waals surface area contributed by atoms with Gasteiger partial charge < -0.3 is 4.74 Å². The van der Waals surface area contributed by atoms with Gasteiger partial charge in [0, 0.05) is 0 Å². The van der Waals surface area contributed by atoms with E-state index in [0.717, 1.165) is 13.0 Å². The maximum atomic E-state index is 6.71. The van der Waals surface area contributed by atoms with Crippen LogP contribution in [0.5, 0.6) is 0 Å². The van der Waals surface area contributed by atoms with E-state index in [0.29, 0.717) is 5.92 Å². The Labute approximate surface area is 167 Å². The molecule has 1 heteroatoms. The van der Waals surface area contributed by atoms with Crippen molar-refractivity contribution >= 4 is 0 Å². The summed E-state index contributed by atoms with van der Waals surface area (Å²) in [6.07, 6.45) is 10.3. The second-order valence-electron chi connectivity index (χ2n) is 8.14. The molecule has 0 aliphatic rings. The lowest BCUT2D eigenvalue weighted by molar-refractivity contribution is -0.0392. The fraction of sp³-hybridized carbons (Fsp3) is 0.538. The second-order valence-corrected chi connectivity index (χ2v) is 8.14. The lowest BCUT2D eigenvalue weighted by Gasteiger charge is -2.36. The van der Waals surface area contributed by atoms with Gasteiger partial charge in [0.1, 0.15) is 5.60 Å². The molecule has 0 heterocycles. The zero-order valence-electron chi connectivity index (χ0n) is 17.6. The molecule has 0 aliphatic heterocycles. The Morgan fingerprint density at radius 3 is 1.67 bits per heavy atom. The van der Waals surface area contributed by atoms with Crippen molar-refractivity contribution in [3.8, 4) is 0 Å². The summed E-state index contributed by atoms with van der Waals surface area (Å²) in [7, 11) is 0. The van der Waals surface area contributed by atoms with E-state index in [9.17, 15) is 0 Å². The predicted octanol–water partition coefficient (Wildman–Crippen LogP) is 7.74. The Balaban J connectivity index is 2.17. The van der Waals surface area contributed by atoms with Crippen molar-refractivity contribution in [3.63, 3.8) is 0 Å². The summed E-state index contributed by atoms with van der Waals surface area (Å²) in [5.41, 5.74) is 2.22. The van der Waals surface area contributed by atoms with Crippen molar-refractivity contribution in [2.24, 2.45) is 5.92 Å². The standard InChI is InChI=1S/C26H38O/c1-4-5-6-7-8-9-16-21-26(27-22-23(2)3,24-17-12-10-13-18-24)25-19-14-11-15-20-25/h10-15,17-20,23H,4-9,16,21-22H2,1-3H3. The van der Waals surface area contributed by atoms with E-state index >= 15 is 0 Å². The van der Waals surface area contributed by atoms with Crippen LogP contribution in [-0.2, 0) is 10.3 Å². The van der Waals surface area contributed by atoms with E-state index < -0.39 is 0 Å². The summed E-state index contributed by atoms with van der Waals surface area (Å²) >= 11 is 0. The monoisotopic (exact) mass is 366 g/mol. The Morgan fingerprint density at radius 2 is 1.19 bits per heavy atom. The minimum atomic E-state index is -0.337. The van der Waals surface area contributed by atoms with Crippen LogP contribution in [0, 0.1) is 5.92 Å². The molecule has 0 amide bonds. The summed E-state index contributed by atoms with van der Waals surface area (Å²) in [4.78, 5) is 0. The van der Waals surface area contributed by atoms with Crippen molar-refractivity contribution in [1.29, 1.82) is 0 Å². The molecular weight excluding hydrogens is 328 g/mol. The van der Waals surface area contributed by atoms with Crippen molar-refractivity contribution < 1.29 is 4.74 Å². The summed E-state index contributed by atoms with van der Waals surface area (Å²) in [6.45, 7) is 7.52. The highest BCUT2D eigenvalue weighted by Gasteiger charge is 2.34. The molecule has 0 spiro atoms. The van der Waals surface area contributed by atoms with E-state index in [1.165, 1.54) is 56.1 Å². The number of hydrogen-bond donors (Lipinski definition) is 0. The highest BCUT2D eigenvalue weighted by Crippen LogP contribution is 2.39. The minimum Gasteiger partial charge on any atom is -0.365 e. The van der Waals surface area contributed by atoms with Gasteiger partial charge in [-0.15, -0.1) is 0 Å². The van der Waals surface area contributed by atoms with Crippen LogP contribution in [0.15, 0.2) is 60.7 Å². The van der Waals surface area contributed by atoms with Gasteiger partial charge in [0.05, 0.1) is 6.61 Å². The van der Waals surface area contributed by atoms with Crippen LogP contribution in [-0.4, -0.2) is 6.61 Å². The first-order chi connectivity index (χ1) is 13.2. The Kier molecular flexibility index (Phi) is 9.62. The van der Waals surface area contributed by atoms with Gasteiger partial charge in [-0.05, 0) is 29.9 Å². The molecule has 0 atom stereocenters. The van der Waals surface area contributed by atoms with Crippen LogP contribution < -0.4 is 0 Å². The highest BCUT2D eigenvalue weighted by molar-refractivity contribution is 5.36. The first kappa shape index (κ1) is 21.7. The van der Waals surface area contributed by atoms with Crippen LogP contribution >= 0.6 is 0 Å². The lowest BCUT2D eigenvalue weighted by Crippen LogP contribution is -2.33. The van der Waals surface area contributed by atoms with Gasteiger partial charge >= 0.3 is 0 Å². The fourth-order valence-corrected chi connectivity index (χ4v) is 3.75. The zero-order valence-corrected chi connectivity index (χ0v) is 17.6.